The minimum atomic E-state index is -0.658. The molecule has 0 saturated carbocycles. The van der Waals surface area contributed by atoms with E-state index in [1.165, 1.54) is 0 Å². The van der Waals surface area contributed by atoms with Crippen LogP contribution in [0.5, 0.6) is 0 Å². The molecule has 2 aromatic heterocycles. The van der Waals surface area contributed by atoms with E-state index in [-0.39, 0.29) is 11.1 Å². The third-order valence-corrected chi connectivity index (χ3v) is 5.46. The fraction of sp³-hybridized carbons (Fsp3) is 0.286. The van der Waals surface area contributed by atoms with Crippen LogP contribution in [0.15, 0.2) is 39.9 Å². The maximum atomic E-state index is 12.7. The van der Waals surface area contributed by atoms with Gasteiger partial charge in [0.1, 0.15) is 11.6 Å². The lowest BCUT2D eigenvalue weighted by atomic mass is 10.2. The topological polar surface area (TPSA) is 126 Å². The maximum absolute atomic E-state index is 12.7. The minimum absolute atomic E-state index is 0.239. The molecule has 9 nitrogen and oxygen atoms in total. The Morgan fingerprint density at radius 3 is 2.52 bits per heavy atom. The van der Waals surface area contributed by atoms with Crippen molar-refractivity contribution >= 4 is 46.5 Å². The number of hydrogen-bond acceptors (Lipinski definition) is 7. The lowest BCUT2D eigenvalue weighted by Crippen LogP contribution is -2.42. The zero-order chi connectivity index (χ0) is 22.5. The number of nitrogens with one attached hydrogen (secondary N) is 3. The van der Waals surface area contributed by atoms with Crippen LogP contribution < -0.4 is 16.0 Å². The van der Waals surface area contributed by atoms with Crippen LogP contribution in [0.3, 0.4) is 0 Å². The number of carbonyl (C=O) groups excluding carboxylic acids is 3. The average Bonchev–Trinajstić information content (AvgIpc) is 3.02. The molecule has 10 heteroatoms. The number of carbonyl (C=O) groups is 3. The second kappa shape index (κ2) is 9.61. The van der Waals surface area contributed by atoms with Crippen molar-refractivity contribution in [2.24, 2.45) is 0 Å². The van der Waals surface area contributed by atoms with Crippen LogP contribution >= 0.6 is 11.8 Å². The Balaban J connectivity index is 1.88. The molecule has 3 N–H and O–H groups in total. The van der Waals surface area contributed by atoms with Gasteiger partial charge in [-0.2, -0.15) is 4.98 Å². The summed E-state index contributed by atoms with van der Waals surface area (Å²) in [5.74, 6) is 0.147. The molecule has 31 heavy (non-hydrogen) atoms. The Kier molecular flexibility index (Phi) is 6.91. The van der Waals surface area contributed by atoms with Gasteiger partial charge in [0.05, 0.1) is 10.6 Å². The second-order valence-corrected chi connectivity index (χ2v) is 8.06. The number of aryl methyl sites for hydroxylation is 2. The minimum Gasteiger partial charge on any atom is -0.443 e. The normalized spacial score (nSPS) is 11.7. The number of fused-ring (bicyclic) bond motifs is 1. The molecule has 2 heterocycles. The molecule has 162 valence electrons. The number of rotatable bonds is 6. The fourth-order valence-electron chi connectivity index (χ4n) is 2.77. The molecule has 0 aliphatic carbocycles. The third-order valence-electron chi connectivity index (χ3n) is 4.50. The van der Waals surface area contributed by atoms with Gasteiger partial charge in [-0.25, -0.2) is 9.78 Å². The molecule has 0 saturated heterocycles. The first kappa shape index (κ1) is 22.3. The lowest BCUT2D eigenvalue weighted by molar-refractivity contribution is -0.119. The predicted octanol–water partition coefficient (Wildman–Crippen LogP) is 3.42. The number of thioether (sulfide) groups is 1. The molecule has 0 spiro atoms. The van der Waals surface area contributed by atoms with Crippen molar-refractivity contribution in [3.8, 4) is 0 Å². The average molecular weight is 442 g/mol. The van der Waals surface area contributed by atoms with E-state index in [2.05, 4.69) is 25.9 Å². The number of nitrogens with zero attached hydrogens (tertiary/aromatic N) is 2. The van der Waals surface area contributed by atoms with E-state index in [0.717, 1.165) is 17.3 Å². The third kappa shape index (κ3) is 5.21. The Labute approximate surface area is 183 Å². The highest BCUT2D eigenvalue weighted by Gasteiger charge is 2.22. The first-order valence-electron chi connectivity index (χ1n) is 9.69. The summed E-state index contributed by atoms with van der Waals surface area (Å²) in [7, 11) is 0. The summed E-state index contributed by atoms with van der Waals surface area (Å²) in [5, 5.41) is 7.76. The highest BCUT2D eigenvalue weighted by atomic mass is 32.2. The number of imide groups is 1. The van der Waals surface area contributed by atoms with Crippen LogP contribution in [-0.4, -0.2) is 39.6 Å². The Morgan fingerprint density at radius 1 is 1.13 bits per heavy atom. The first-order valence-corrected chi connectivity index (χ1v) is 10.6. The van der Waals surface area contributed by atoms with E-state index in [9.17, 15) is 14.4 Å². The molecular weight excluding hydrogens is 418 g/mol. The number of aromatic nitrogens is 2. The van der Waals surface area contributed by atoms with Gasteiger partial charge in [0.25, 0.3) is 5.91 Å². The van der Waals surface area contributed by atoms with Crippen LogP contribution in [0.1, 0.15) is 35.5 Å². The molecule has 0 fully saturated rings. The van der Waals surface area contributed by atoms with Crippen molar-refractivity contribution < 1.29 is 18.8 Å². The molecule has 0 aliphatic rings. The fourth-order valence-corrected chi connectivity index (χ4v) is 3.53. The van der Waals surface area contributed by atoms with Crippen molar-refractivity contribution in [1.29, 1.82) is 0 Å². The largest absolute Gasteiger partial charge is 0.443 e. The van der Waals surface area contributed by atoms with Crippen LogP contribution in [0.4, 0.5) is 10.6 Å². The molecule has 0 radical (unpaired) electrons. The summed E-state index contributed by atoms with van der Waals surface area (Å²) < 4.78 is 5.73. The van der Waals surface area contributed by atoms with Gasteiger partial charge < -0.3 is 15.1 Å². The van der Waals surface area contributed by atoms with Crippen molar-refractivity contribution in [3.05, 3.63) is 47.2 Å². The van der Waals surface area contributed by atoms with E-state index in [1.807, 2.05) is 13.0 Å². The number of furan rings is 1. The van der Waals surface area contributed by atoms with Gasteiger partial charge in [-0.05, 0) is 39.8 Å². The van der Waals surface area contributed by atoms with Crippen molar-refractivity contribution in [2.75, 3.05) is 11.9 Å². The highest BCUT2D eigenvalue weighted by molar-refractivity contribution is 8.00. The van der Waals surface area contributed by atoms with Gasteiger partial charge in [-0.1, -0.05) is 30.0 Å². The first-order chi connectivity index (χ1) is 14.8. The number of benzene rings is 1. The summed E-state index contributed by atoms with van der Waals surface area (Å²) in [5.41, 5.74) is 1.61. The van der Waals surface area contributed by atoms with Gasteiger partial charge in [-0.3, -0.25) is 14.9 Å². The van der Waals surface area contributed by atoms with Crippen molar-refractivity contribution in [1.82, 2.24) is 20.6 Å². The lowest BCUT2D eigenvalue weighted by Gasteiger charge is -2.12. The van der Waals surface area contributed by atoms with Crippen molar-refractivity contribution in [3.63, 3.8) is 0 Å². The summed E-state index contributed by atoms with van der Waals surface area (Å²) in [6, 6.07) is 8.20. The van der Waals surface area contributed by atoms with Gasteiger partial charge >= 0.3 is 6.03 Å². The second-order valence-electron chi connectivity index (χ2n) is 6.75. The standard InChI is InChI=1S/C21H23N5O4S/c1-5-22-20(29)25-17(27)13(4)31-21-24-16(15-11(2)12(3)30-19(15)26-21)23-18(28)14-9-7-6-8-10-14/h6-10,13H,5H2,1-4H3,(H2,22,25,27,29)(H,23,24,26,28). The Bertz CT molecular complexity index is 1130. The summed E-state index contributed by atoms with van der Waals surface area (Å²) in [4.78, 5) is 45.4. The molecule has 3 rings (SSSR count). The number of hydrogen-bond donors (Lipinski definition) is 3. The van der Waals surface area contributed by atoms with E-state index in [1.54, 1.807) is 45.0 Å². The SMILES string of the molecule is CCNC(=O)NC(=O)C(C)Sc1nc(NC(=O)c2ccccc2)c2c(C)c(C)oc2n1. The van der Waals surface area contributed by atoms with E-state index in [0.29, 0.717) is 34.8 Å². The zero-order valence-electron chi connectivity index (χ0n) is 17.6. The predicted molar refractivity (Wildman–Crippen MR) is 118 cm³/mol. The summed E-state index contributed by atoms with van der Waals surface area (Å²) in [6.07, 6.45) is 0. The van der Waals surface area contributed by atoms with Gasteiger partial charge in [0.15, 0.2) is 5.16 Å². The quantitative estimate of drug-likeness (QED) is 0.395. The zero-order valence-corrected chi connectivity index (χ0v) is 18.4. The van der Waals surface area contributed by atoms with Gasteiger partial charge in [0, 0.05) is 17.7 Å². The molecule has 4 amide bonds. The number of anilines is 1. The van der Waals surface area contributed by atoms with Crippen LogP contribution in [0.25, 0.3) is 11.1 Å². The summed E-state index contributed by atoms with van der Waals surface area (Å²) in [6.45, 7) is 7.45. The van der Waals surface area contributed by atoms with Crippen LogP contribution in [0.2, 0.25) is 0 Å². The van der Waals surface area contributed by atoms with Crippen LogP contribution in [0, 0.1) is 13.8 Å². The van der Waals surface area contributed by atoms with Gasteiger partial charge in [0.2, 0.25) is 11.6 Å². The highest BCUT2D eigenvalue weighted by Crippen LogP contribution is 2.32. The maximum Gasteiger partial charge on any atom is 0.321 e. The van der Waals surface area contributed by atoms with Crippen molar-refractivity contribution in [2.45, 2.75) is 38.1 Å². The number of urea groups is 1. The molecule has 0 aliphatic heterocycles. The Hall–Kier alpha value is -3.40. The van der Waals surface area contributed by atoms with E-state index >= 15 is 0 Å². The molecule has 1 aromatic carbocycles. The molecular formula is C21H23N5O4S. The van der Waals surface area contributed by atoms with Crippen LogP contribution in [-0.2, 0) is 4.79 Å². The van der Waals surface area contributed by atoms with E-state index < -0.39 is 17.2 Å². The van der Waals surface area contributed by atoms with Gasteiger partial charge in [-0.15, -0.1) is 0 Å². The summed E-state index contributed by atoms with van der Waals surface area (Å²) >= 11 is 1.05. The molecule has 1 atom stereocenters. The smallest absolute Gasteiger partial charge is 0.321 e. The number of amides is 4. The monoisotopic (exact) mass is 441 g/mol. The van der Waals surface area contributed by atoms with E-state index in [4.69, 9.17) is 4.42 Å². The molecule has 3 aromatic rings. The molecule has 0 bridgehead atoms. The molecule has 1 unspecified atom stereocenters. The Morgan fingerprint density at radius 2 is 1.84 bits per heavy atom.